The topological polar surface area (TPSA) is 77.1 Å². The van der Waals surface area contributed by atoms with E-state index in [0.29, 0.717) is 18.7 Å². The Morgan fingerprint density at radius 3 is 2.89 bits per heavy atom. The number of carbonyl (C=O) groups is 1. The highest BCUT2D eigenvalue weighted by atomic mass is 32.2. The van der Waals surface area contributed by atoms with Gasteiger partial charge in [-0.15, -0.1) is 10.2 Å². The van der Waals surface area contributed by atoms with Crippen LogP contribution >= 0.6 is 11.8 Å². The SMILES string of the molecule is CCn1c(SCC(=O)NCCc2nnc3ccccn23)nc2ccccc21. The number of pyridine rings is 1. The van der Waals surface area contributed by atoms with Crippen LogP contribution in [0.3, 0.4) is 0 Å². The van der Waals surface area contributed by atoms with Crippen LogP contribution in [-0.2, 0) is 17.8 Å². The second kappa shape index (κ2) is 7.79. The van der Waals surface area contributed by atoms with E-state index in [-0.39, 0.29) is 5.91 Å². The fourth-order valence-corrected chi connectivity index (χ4v) is 3.93. The Hall–Kier alpha value is -2.87. The van der Waals surface area contributed by atoms with Gasteiger partial charge in [-0.2, -0.15) is 0 Å². The van der Waals surface area contributed by atoms with Crippen molar-refractivity contribution in [3.63, 3.8) is 0 Å². The maximum absolute atomic E-state index is 12.2. The molecule has 1 N–H and O–H groups in total. The van der Waals surface area contributed by atoms with Crippen LogP contribution in [-0.4, -0.2) is 42.4 Å². The molecule has 4 rings (SSSR count). The number of nitrogens with one attached hydrogen (secondary N) is 1. The molecule has 138 valence electrons. The van der Waals surface area contributed by atoms with Crippen molar-refractivity contribution in [2.24, 2.45) is 0 Å². The number of aromatic nitrogens is 5. The highest BCUT2D eigenvalue weighted by molar-refractivity contribution is 7.99. The van der Waals surface area contributed by atoms with Crippen LogP contribution in [0.5, 0.6) is 0 Å². The molecule has 27 heavy (non-hydrogen) atoms. The quantitative estimate of drug-likeness (QED) is 0.499. The smallest absolute Gasteiger partial charge is 0.230 e. The second-order valence-electron chi connectivity index (χ2n) is 6.06. The van der Waals surface area contributed by atoms with E-state index in [2.05, 4.69) is 38.1 Å². The van der Waals surface area contributed by atoms with Gasteiger partial charge >= 0.3 is 0 Å². The Labute approximate surface area is 160 Å². The summed E-state index contributed by atoms with van der Waals surface area (Å²) in [6.07, 6.45) is 2.56. The number of aryl methyl sites for hydroxylation is 1. The number of benzene rings is 1. The van der Waals surface area contributed by atoms with E-state index >= 15 is 0 Å². The van der Waals surface area contributed by atoms with E-state index in [1.807, 2.05) is 47.0 Å². The number of fused-ring (bicyclic) bond motifs is 2. The molecule has 1 aromatic carbocycles. The minimum atomic E-state index is -0.0106. The third kappa shape index (κ3) is 3.66. The molecule has 0 aliphatic rings. The van der Waals surface area contributed by atoms with Crippen LogP contribution in [0.15, 0.2) is 53.8 Å². The van der Waals surface area contributed by atoms with Gasteiger partial charge in [-0.25, -0.2) is 4.98 Å². The summed E-state index contributed by atoms with van der Waals surface area (Å²) in [5.41, 5.74) is 2.87. The molecule has 0 saturated carbocycles. The van der Waals surface area contributed by atoms with Gasteiger partial charge in [-0.3, -0.25) is 9.20 Å². The Balaban J connectivity index is 1.32. The first-order valence-electron chi connectivity index (χ1n) is 8.89. The number of hydrogen-bond acceptors (Lipinski definition) is 5. The van der Waals surface area contributed by atoms with Crippen molar-refractivity contribution in [1.82, 2.24) is 29.5 Å². The van der Waals surface area contributed by atoms with E-state index in [0.717, 1.165) is 34.2 Å². The molecule has 3 heterocycles. The van der Waals surface area contributed by atoms with Crippen LogP contribution in [0.25, 0.3) is 16.7 Å². The van der Waals surface area contributed by atoms with Gasteiger partial charge in [0.25, 0.3) is 0 Å². The number of imidazole rings is 1. The fourth-order valence-electron chi connectivity index (χ4n) is 3.03. The zero-order valence-corrected chi connectivity index (χ0v) is 15.8. The van der Waals surface area contributed by atoms with Crippen molar-refractivity contribution in [3.8, 4) is 0 Å². The zero-order valence-electron chi connectivity index (χ0n) is 15.0. The molecule has 0 aliphatic carbocycles. The largest absolute Gasteiger partial charge is 0.355 e. The Kier molecular flexibility index (Phi) is 5.06. The standard InChI is InChI=1S/C19H20N6OS/c1-2-24-15-8-4-3-7-14(15)21-19(24)27-13-18(26)20-11-10-17-23-22-16-9-5-6-12-25(16)17/h3-9,12H,2,10-11,13H2,1H3,(H,20,26). The number of rotatable bonds is 7. The third-order valence-electron chi connectivity index (χ3n) is 4.32. The first-order chi connectivity index (χ1) is 13.3. The first-order valence-corrected chi connectivity index (χ1v) is 9.88. The summed E-state index contributed by atoms with van der Waals surface area (Å²) in [6.45, 7) is 3.44. The van der Waals surface area contributed by atoms with Crippen molar-refractivity contribution in [2.75, 3.05) is 12.3 Å². The highest BCUT2D eigenvalue weighted by Crippen LogP contribution is 2.23. The maximum Gasteiger partial charge on any atom is 0.230 e. The Bertz CT molecular complexity index is 1090. The normalized spacial score (nSPS) is 11.3. The molecule has 0 radical (unpaired) electrons. The van der Waals surface area contributed by atoms with Gasteiger partial charge in [0.05, 0.1) is 16.8 Å². The van der Waals surface area contributed by atoms with E-state index < -0.39 is 0 Å². The molecule has 1 amide bonds. The van der Waals surface area contributed by atoms with Crippen LogP contribution in [0, 0.1) is 0 Å². The molecule has 4 aromatic rings. The summed E-state index contributed by atoms with van der Waals surface area (Å²) >= 11 is 1.46. The monoisotopic (exact) mass is 380 g/mol. The van der Waals surface area contributed by atoms with Gasteiger partial charge in [0.2, 0.25) is 5.91 Å². The minimum absolute atomic E-state index is 0.0106. The average molecular weight is 380 g/mol. The summed E-state index contributed by atoms with van der Waals surface area (Å²) in [7, 11) is 0. The van der Waals surface area contributed by atoms with E-state index in [1.165, 1.54) is 11.8 Å². The van der Waals surface area contributed by atoms with Gasteiger partial charge < -0.3 is 9.88 Å². The fraction of sp³-hybridized carbons (Fsp3) is 0.263. The third-order valence-corrected chi connectivity index (χ3v) is 5.30. The molecular weight excluding hydrogens is 360 g/mol. The molecule has 0 unspecified atom stereocenters. The summed E-state index contributed by atoms with van der Waals surface area (Å²) in [5, 5.41) is 12.1. The highest BCUT2D eigenvalue weighted by Gasteiger charge is 2.12. The lowest BCUT2D eigenvalue weighted by molar-refractivity contribution is -0.118. The molecule has 0 atom stereocenters. The Morgan fingerprint density at radius 2 is 2.00 bits per heavy atom. The number of carbonyl (C=O) groups excluding carboxylic acids is 1. The molecule has 7 nitrogen and oxygen atoms in total. The van der Waals surface area contributed by atoms with Crippen molar-refractivity contribution in [2.45, 2.75) is 25.0 Å². The van der Waals surface area contributed by atoms with Gasteiger partial charge in [-0.05, 0) is 31.2 Å². The van der Waals surface area contributed by atoms with E-state index in [1.54, 1.807) is 0 Å². The summed E-state index contributed by atoms with van der Waals surface area (Å²) < 4.78 is 4.07. The molecule has 0 spiro atoms. The van der Waals surface area contributed by atoms with Crippen LogP contribution in [0.1, 0.15) is 12.7 Å². The van der Waals surface area contributed by atoms with Crippen LogP contribution in [0.4, 0.5) is 0 Å². The lowest BCUT2D eigenvalue weighted by Gasteiger charge is -2.06. The molecule has 0 bridgehead atoms. The number of thioether (sulfide) groups is 1. The van der Waals surface area contributed by atoms with E-state index in [4.69, 9.17) is 0 Å². The summed E-state index contributed by atoms with van der Waals surface area (Å²) in [4.78, 5) is 16.8. The van der Waals surface area contributed by atoms with Gasteiger partial charge in [0.1, 0.15) is 5.82 Å². The van der Waals surface area contributed by atoms with E-state index in [9.17, 15) is 4.79 Å². The first kappa shape index (κ1) is 17.5. The van der Waals surface area contributed by atoms with Crippen molar-refractivity contribution < 1.29 is 4.79 Å². The van der Waals surface area contributed by atoms with Crippen molar-refractivity contribution in [1.29, 1.82) is 0 Å². The number of amides is 1. The molecule has 0 aliphatic heterocycles. The second-order valence-corrected chi connectivity index (χ2v) is 7.00. The molecule has 8 heteroatoms. The molecule has 0 fully saturated rings. The van der Waals surface area contributed by atoms with Crippen molar-refractivity contribution >= 4 is 34.3 Å². The maximum atomic E-state index is 12.2. The van der Waals surface area contributed by atoms with Crippen LogP contribution in [0.2, 0.25) is 0 Å². The average Bonchev–Trinajstić information content (AvgIpc) is 3.27. The van der Waals surface area contributed by atoms with Crippen molar-refractivity contribution in [3.05, 3.63) is 54.5 Å². The van der Waals surface area contributed by atoms with Gasteiger partial charge in [0, 0.05) is 25.7 Å². The minimum Gasteiger partial charge on any atom is -0.355 e. The van der Waals surface area contributed by atoms with Crippen LogP contribution < -0.4 is 5.32 Å². The number of nitrogens with zero attached hydrogens (tertiary/aromatic N) is 5. The summed E-state index contributed by atoms with van der Waals surface area (Å²) in [5.74, 6) is 1.17. The Morgan fingerprint density at radius 1 is 1.15 bits per heavy atom. The molecular formula is C19H20N6OS. The molecule has 0 saturated heterocycles. The predicted octanol–water partition coefficient (Wildman–Crippen LogP) is 2.55. The molecule has 3 aromatic heterocycles. The summed E-state index contributed by atoms with van der Waals surface area (Å²) in [6, 6.07) is 13.8. The predicted molar refractivity (Wildman–Crippen MR) is 106 cm³/mol. The number of para-hydroxylation sites is 2. The lowest BCUT2D eigenvalue weighted by atomic mass is 10.3. The lowest BCUT2D eigenvalue weighted by Crippen LogP contribution is -2.27. The van der Waals surface area contributed by atoms with Gasteiger partial charge in [0.15, 0.2) is 10.8 Å². The van der Waals surface area contributed by atoms with Gasteiger partial charge in [-0.1, -0.05) is 30.0 Å². The number of hydrogen-bond donors (Lipinski definition) is 1. The zero-order chi connectivity index (χ0) is 18.6.